The SMILES string of the molecule is C#Cc1c(F)c(F)c(COC(=O)[C@H]2[C@H](C=COC)C2(C)C)c(F)c1F. The molecule has 0 bridgehead atoms. The Balaban J connectivity index is 2.17. The molecule has 1 aliphatic carbocycles. The summed E-state index contributed by atoms with van der Waals surface area (Å²) in [6.07, 6.45) is 7.92. The number of benzene rings is 1. The Labute approximate surface area is 142 Å². The van der Waals surface area contributed by atoms with Crippen LogP contribution < -0.4 is 0 Å². The van der Waals surface area contributed by atoms with Gasteiger partial charge >= 0.3 is 5.97 Å². The van der Waals surface area contributed by atoms with Crippen molar-refractivity contribution in [1.82, 2.24) is 0 Å². The van der Waals surface area contributed by atoms with E-state index in [2.05, 4.69) is 0 Å². The number of terminal acetylenes is 1. The van der Waals surface area contributed by atoms with Crippen molar-refractivity contribution < 1.29 is 31.8 Å². The van der Waals surface area contributed by atoms with Gasteiger partial charge in [0.2, 0.25) is 0 Å². The van der Waals surface area contributed by atoms with Crippen molar-refractivity contribution in [1.29, 1.82) is 0 Å². The Bertz CT molecular complexity index is 749. The van der Waals surface area contributed by atoms with Crippen LogP contribution in [-0.2, 0) is 20.9 Å². The highest BCUT2D eigenvalue weighted by molar-refractivity contribution is 5.78. The van der Waals surface area contributed by atoms with Crippen LogP contribution in [0.25, 0.3) is 0 Å². The molecular formula is C18H16F4O3. The summed E-state index contributed by atoms with van der Waals surface area (Å²) in [5.74, 6) is -6.65. The molecule has 0 spiro atoms. The molecule has 2 rings (SSSR count). The second-order valence-electron chi connectivity index (χ2n) is 6.25. The average Bonchev–Trinajstić information content (AvgIpc) is 3.12. The first-order chi connectivity index (χ1) is 11.7. The minimum Gasteiger partial charge on any atom is -0.505 e. The zero-order valence-corrected chi connectivity index (χ0v) is 13.8. The van der Waals surface area contributed by atoms with Crippen LogP contribution in [0.1, 0.15) is 25.0 Å². The molecule has 0 aromatic heterocycles. The van der Waals surface area contributed by atoms with Gasteiger partial charge in [-0.2, -0.15) is 0 Å². The van der Waals surface area contributed by atoms with E-state index in [9.17, 15) is 22.4 Å². The van der Waals surface area contributed by atoms with Crippen molar-refractivity contribution in [3.63, 3.8) is 0 Å². The molecule has 1 saturated carbocycles. The van der Waals surface area contributed by atoms with E-state index in [1.807, 2.05) is 13.8 Å². The maximum absolute atomic E-state index is 13.9. The fraction of sp³-hybridized carbons (Fsp3) is 0.389. The van der Waals surface area contributed by atoms with E-state index in [0.29, 0.717) is 0 Å². The third-order valence-corrected chi connectivity index (χ3v) is 4.44. The molecule has 7 heteroatoms. The summed E-state index contributed by atoms with van der Waals surface area (Å²) >= 11 is 0. The summed E-state index contributed by atoms with van der Waals surface area (Å²) in [7, 11) is 1.45. The summed E-state index contributed by atoms with van der Waals surface area (Å²) in [5, 5.41) is 0. The first-order valence-corrected chi connectivity index (χ1v) is 7.36. The van der Waals surface area contributed by atoms with Crippen LogP contribution in [0.2, 0.25) is 0 Å². The van der Waals surface area contributed by atoms with Gasteiger partial charge in [0.1, 0.15) is 12.2 Å². The van der Waals surface area contributed by atoms with Gasteiger partial charge in [0.05, 0.1) is 24.9 Å². The van der Waals surface area contributed by atoms with E-state index >= 15 is 0 Å². The summed E-state index contributed by atoms with van der Waals surface area (Å²) in [4.78, 5) is 12.1. The van der Waals surface area contributed by atoms with Crippen LogP contribution in [0.5, 0.6) is 0 Å². The quantitative estimate of drug-likeness (QED) is 0.265. The molecule has 1 aliphatic rings. The fourth-order valence-corrected chi connectivity index (χ4v) is 2.81. The standard InChI is InChI=1S/C18H16F4O3/c1-5-9-13(19)15(21)10(16(22)14(9)20)8-25-17(23)12-11(6-7-24-4)18(12,2)3/h1,6-7,11-12H,8H2,2-4H3/t11-,12+/m0/s1. The Morgan fingerprint density at radius 3 is 2.24 bits per heavy atom. The first kappa shape index (κ1) is 18.8. The van der Waals surface area contributed by atoms with Crippen LogP contribution in [0, 0.1) is 52.9 Å². The van der Waals surface area contributed by atoms with Crippen LogP contribution in [-0.4, -0.2) is 13.1 Å². The average molecular weight is 356 g/mol. The van der Waals surface area contributed by atoms with E-state index in [1.54, 1.807) is 12.0 Å². The van der Waals surface area contributed by atoms with Gasteiger partial charge in [0.15, 0.2) is 23.3 Å². The number of carbonyl (C=O) groups is 1. The van der Waals surface area contributed by atoms with Crippen molar-refractivity contribution in [2.24, 2.45) is 17.3 Å². The fourth-order valence-electron chi connectivity index (χ4n) is 2.81. The lowest BCUT2D eigenvalue weighted by Crippen LogP contribution is -2.14. The third-order valence-electron chi connectivity index (χ3n) is 4.44. The number of ether oxygens (including phenoxy) is 2. The van der Waals surface area contributed by atoms with E-state index in [4.69, 9.17) is 15.9 Å². The van der Waals surface area contributed by atoms with Crippen LogP contribution in [0.3, 0.4) is 0 Å². The van der Waals surface area contributed by atoms with Crippen LogP contribution >= 0.6 is 0 Å². The monoisotopic (exact) mass is 356 g/mol. The summed E-state index contributed by atoms with van der Waals surface area (Å²) in [6, 6.07) is 0. The number of hydrogen-bond acceptors (Lipinski definition) is 3. The lowest BCUT2D eigenvalue weighted by atomic mass is 10.1. The van der Waals surface area contributed by atoms with E-state index in [0.717, 1.165) is 0 Å². The Kier molecular flexibility index (Phi) is 5.12. The zero-order valence-electron chi connectivity index (χ0n) is 13.8. The normalized spacial score (nSPS) is 21.0. The molecule has 1 aromatic carbocycles. The van der Waals surface area contributed by atoms with Gasteiger partial charge in [0, 0.05) is 0 Å². The largest absolute Gasteiger partial charge is 0.505 e. The van der Waals surface area contributed by atoms with Gasteiger partial charge in [-0.1, -0.05) is 19.8 Å². The van der Waals surface area contributed by atoms with Gasteiger partial charge in [-0.05, 0) is 17.4 Å². The zero-order chi connectivity index (χ0) is 18.9. The van der Waals surface area contributed by atoms with E-state index in [-0.39, 0.29) is 5.92 Å². The molecule has 3 nitrogen and oxygen atoms in total. The smallest absolute Gasteiger partial charge is 0.310 e. The molecule has 0 saturated heterocycles. The maximum atomic E-state index is 13.9. The molecule has 1 fully saturated rings. The molecule has 0 unspecified atom stereocenters. The highest BCUT2D eigenvalue weighted by Gasteiger charge is 2.61. The molecule has 0 heterocycles. The van der Waals surface area contributed by atoms with Crippen LogP contribution in [0.4, 0.5) is 17.6 Å². The molecule has 0 aliphatic heterocycles. The Hall–Kier alpha value is -2.49. The van der Waals surface area contributed by atoms with Gasteiger partial charge < -0.3 is 9.47 Å². The Morgan fingerprint density at radius 2 is 1.76 bits per heavy atom. The Morgan fingerprint density at radius 1 is 1.20 bits per heavy atom. The van der Waals surface area contributed by atoms with Gasteiger partial charge in [-0.15, -0.1) is 6.42 Å². The van der Waals surface area contributed by atoms with Crippen molar-refractivity contribution in [2.45, 2.75) is 20.5 Å². The number of carbonyl (C=O) groups excluding carboxylic acids is 1. The molecule has 2 atom stereocenters. The van der Waals surface area contributed by atoms with Crippen molar-refractivity contribution in [2.75, 3.05) is 7.11 Å². The molecule has 0 N–H and O–H groups in total. The molecule has 1 aromatic rings. The van der Waals surface area contributed by atoms with Crippen molar-refractivity contribution in [3.8, 4) is 12.3 Å². The van der Waals surface area contributed by atoms with Crippen LogP contribution in [0.15, 0.2) is 12.3 Å². The van der Waals surface area contributed by atoms with E-state index < -0.39 is 58.3 Å². The van der Waals surface area contributed by atoms with Crippen molar-refractivity contribution >= 4 is 5.97 Å². The predicted octanol–water partition coefficient (Wildman–Crippen LogP) is 3.70. The van der Waals surface area contributed by atoms with Gasteiger partial charge in [-0.3, -0.25) is 4.79 Å². The summed E-state index contributed by atoms with van der Waals surface area (Å²) in [5.41, 5.74) is -2.59. The maximum Gasteiger partial charge on any atom is 0.310 e. The number of methoxy groups -OCH3 is 1. The number of rotatable bonds is 5. The third kappa shape index (κ3) is 3.21. The molecule has 0 radical (unpaired) electrons. The van der Waals surface area contributed by atoms with Gasteiger partial charge in [-0.25, -0.2) is 17.6 Å². The summed E-state index contributed by atoms with van der Waals surface area (Å²) < 4.78 is 64.6. The number of allylic oxidation sites excluding steroid dienone is 1. The number of hydrogen-bond donors (Lipinski definition) is 0. The molecule has 0 amide bonds. The first-order valence-electron chi connectivity index (χ1n) is 7.36. The minimum atomic E-state index is -1.69. The van der Waals surface area contributed by atoms with E-state index in [1.165, 1.54) is 13.4 Å². The van der Waals surface area contributed by atoms with Gasteiger partial charge in [0.25, 0.3) is 0 Å². The number of halogens is 4. The second-order valence-corrected chi connectivity index (χ2v) is 6.25. The summed E-state index contributed by atoms with van der Waals surface area (Å²) in [6.45, 7) is 2.68. The topological polar surface area (TPSA) is 35.5 Å². The molecular weight excluding hydrogens is 340 g/mol. The predicted molar refractivity (Wildman–Crippen MR) is 80.9 cm³/mol. The second kappa shape index (κ2) is 6.79. The lowest BCUT2D eigenvalue weighted by molar-refractivity contribution is -0.147. The highest BCUT2D eigenvalue weighted by atomic mass is 19.2. The minimum absolute atomic E-state index is 0.174. The lowest BCUT2D eigenvalue weighted by Gasteiger charge is -2.10. The molecule has 25 heavy (non-hydrogen) atoms. The highest BCUT2D eigenvalue weighted by Crippen LogP contribution is 2.59. The van der Waals surface area contributed by atoms with Crippen molar-refractivity contribution in [3.05, 3.63) is 46.7 Å². The number of esters is 1. The molecule has 134 valence electrons.